The molecule has 21 heavy (non-hydrogen) atoms. The van der Waals surface area contributed by atoms with Crippen molar-refractivity contribution in [2.45, 2.75) is 24.9 Å². The van der Waals surface area contributed by atoms with E-state index in [4.69, 9.17) is 0 Å². The summed E-state index contributed by atoms with van der Waals surface area (Å²) in [4.78, 5) is 11.8. The van der Waals surface area contributed by atoms with Gasteiger partial charge in [-0.2, -0.15) is 0 Å². The predicted octanol–water partition coefficient (Wildman–Crippen LogP) is 2.07. The number of alkyl halides is 3. The van der Waals surface area contributed by atoms with Crippen LogP contribution in [0.5, 0.6) is 5.75 Å². The number of nitrogens with one attached hydrogen (secondary N) is 3. The molecule has 2 aliphatic heterocycles. The van der Waals surface area contributed by atoms with Crippen LogP contribution in [0.2, 0.25) is 0 Å². The summed E-state index contributed by atoms with van der Waals surface area (Å²) < 4.78 is 39.8. The fraction of sp³-hybridized carbons (Fsp3) is 0.462. The lowest BCUT2D eigenvalue weighted by Gasteiger charge is -2.34. The van der Waals surface area contributed by atoms with E-state index in [1.807, 2.05) is 0 Å². The molecule has 1 aliphatic carbocycles. The van der Waals surface area contributed by atoms with Gasteiger partial charge in [0.25, 0.3) is 0 Å². The minimum absolute atomic E-state index is 0.137. The van der Waals surface area contributed by atoms with Crippen LogP contribution in [0.25, 0.3) is 0 Å². The first-order chi connectivity index (χ1) is 9.90. The van der Waals surface area contributed by atoms with Gasteiger partial charge in [0, 0.05) is 24.3 Å². The van der Waals surface area contributed by atoms with Crippen LogP contribution in [0.3, 0.4) is 0 Å². The number of hydrogen-bond acceptors (Lipinski definition) is 3. The molecule has 3 unspecified atom stereocenters. The second-order valence-corrected chi connectivity index (χ2v) is 5.21. The molecule has 1 aromatic carbocycles. The number of halogens is 3. The summed E-state index contributed by atoms with van der Waals surface area (Å²) in [7, 11) is 0. The molecule has 2 saturated heterocycles. The standard InChI is InChI=1S/C13H14F3N3O2/c14-13(15,16)21-9-3-1-8(2-4-9)18-12(20)19-11-7-5-10(11)17-6-7/h1-4,7,10-11,17H,5-6H2,(H2,18,19,20). The van der Waals surface area contributed by atoms with Crippen molar-refractivity contribution >= 4 is 11.7 Å². The normalized spacial score (nSPS) is 26.9. The molecule has 3 atom stereocenters. The van der Waals surface area contributed by atoms with Crippen molar-refractivity contribution in [3.8, 4) is 5.75 Å². The summed E-state index contributed by atoms with van der Waals surface area (Å²) in [5.74, 6) is 0.151. The van der Waals surface area contributed by atoms with Crippen molar-refractivity contribution in [1.82, 2.24) is 10.6 Å². The summed E-state index contributed by atoms with van der Waals surface area (Å²) in [5.41, 5.74) is 0.404. The van der Waals surface area contributed by atoms with E-state index in [-0.39, 0.29) is 17.8 Å². The highest BCUT2D eigenvalue weighted by Crippen LogP contribution is 2.33. The zero-order valence-corrected chi connectivity index (χ0v) is 10.9. The van der Waals surface area contributed by atoms with Crippen molar-refractivity contribution in [3.63, 3.8) is 0 Å². The molecule has 2 bridgehead atoms. The van der Waals surface area contributed by atoms with Crippen molar-refractivity contribution in [3.05, 3.63) is 24.3 Å². The molecular formula is C13H14F3N3O2. The van der Waals surface area contributed by atoms with E-state index in [1.165, 1.54) is 12.1 Å². The van der Waals surface area contributed by atoms with E-state index in [9.17, 15) is 18.0 Å². The Morgan fingerprint density at radius 2 is 2.00 bits per heavy atom. The van der Waals surface area contributed by atoms with Gasteiger partial charge in [0.05, 0.1) is 0 Å². The largest absolute Gasteiger partial charge is 0.573 e. The van der Waals surface area contributed by atoms with E-state index in [0.29, 0.717) is 17.6 Å². The fourth-order valence-electron chi connectivity index (χ4n) is 2.75. The first-order valence-electron chi connectivity index (χ1n) is 6.57. The molecule has 1 saturated carbocycles. The van der Waals surface area contributed by atoms with E-state index >= 15 is 0 Å². The highest BCUT2D eigenvalue weighted by atomic mass is 19.4. The molecule has 5 nitrogen and oxygen atoms in total. The number of rotatable bonds is 3. The Morgan fingerprint density at radius 3 is 2.52 bits per heavy atom. The number of hydrogen-bond donors (Lipinski definition) is 3. The monoisotopic (exact) mass is 301 g/mol. The van der Waals surface area contributed by atoms with E-state index in [0.717, 1.165) is 25.1 Å². The van der Waals surface area contributed by atoms with Crippen LogP contribution in [0, 0.1) is 5.92 Å². The molecule has 3 aliphatic rings. The fourth-order valence-corrected chi connectivity index (χ4v) is 2.75. The third kappa shape index (κ3) is 3.21. The topological polar surface area (TPSA) is 62.4 Å². The summed E-state index contributed by atoms with van der Waals surface area (Å²) in [5, 5.41) is 8.72. The molecule has 0 spiro atoms. The Bertz CT molecular complexity index is 518. The molecule has 114 valence electrons. The van der Waals surface area contributed by atoms with Crippen LogP contribution in [0.1, 0.15) is 6.42 Å². The lowest BCUT2D eigenvalue weighted by atomic mass is 9.80. The van der Waals surface area contributed by atoms with Crippen molar-refractivity contribution in [1.29, 1.82) is 0 Å². The molecular weight excluding hydrogens is 287 g/mol. The number of anilines is 1. The summed E-state index contributed by atoms with van der Waals surface area (Å²) >= 11 is 0. The summed E-state index contributed by atoms with van der Waals surface area (Å²) in [6, 6.07) is 5.13. The molecule has 2 amide bonds. The Morgan fingerprint density at radius 1 is 1.29 bits per heavy atom. The molecule has 3 N–H and O–H groups in total. The molecule has 0 radical (unpaired) electrons. The van der Waals surface area contributed by atoms with Gasteiger partial charge in [-0.05, 0) is 36.6 Å². The number of amides is 2. The SMILES string of the molecule is O=C(Nc1ccc(OC(F)(F)F)cc1)NC1C2CNC1C2. The quantitative estimate of drug-likeness (QED) is 0.801. The zero-order chi connectivity index (χ0) is 15.0. The Kier molecular flexibility index (Phi) is 3.40. The van der Waals surface area contributed by atoms with Gasteiger partial charge >= 0.3 is 12.4 Å². The maximum Gasteiger partial charge on any atom is 0.573 e. The smallest absolute Gasteiger partial charge is 0.406 e. The number of fused-ring (bicyclic) bond motifs is 1. The van der Waals surface area contributed by atoms with Gasteiger partial charge in [0.2, 0.25) is 0 Å². The second-order valence-electron chi connectivity index (χ2n) is 5.21. The Balaban J connectivity index is 1.51. The van der Waals surface area contributed by atoms with E-state index in [2.05, 4.69) is 20.7 Å². The first kappa shape index (κ1) is 14.0. The zero-order valence-electron chi connectivity index (χ0n) is 10.9. The van der Waals surface area contributed by atoms with Crippen molar-refractivity contribution in [2.24, 2.45) is 5.92 Å². The molecule has 3 fully saturated rings. The summed E-state index contributed by atoms with van der Waals surface area (Å²) in [6.07, 6.45) is -3.64. The second kappa shape index (κ2) is 5.10. The minimum Gasteiger partial charge on any atom is -0.406 e. The van der Waals surface area contributed by atoms with Gasteiger partial charge in [0.1, 0.15) is 5.75 Å². The van der Waals surface area contributed by atoms with Gasteiger partial charge < -0.3 is 20.7 Å². The van der Waals surface area contributed by atoms with Crippen molar-refractivity contribution < 1.29 is 22.7 Å². The van der Waals surface area contributed by atoms with Crippen LogP contribution in [-0.4, -0.2) is 31.0 Å². The summed E-state index contributed by atoms with van der Waals surface area (Å²) in [6.45, 7) is 0.916. The maximum atomic E-state index is 12.0. The van der Waals surface area contributed by atoms with Crippen LogP contribution in [0.15, 0.2) is 24.3 Å². The molecule has 4 rings (SSSR count). The van der Waals surface area contributed by atoms with Gasteiger partial charge in [-0.3, -0.25) is 0 Å². The third-order valence-electron chi connectivity index (χ3n) is 3.78. The average molecular weight is 301 g/mol. The predicted molar refractivity (Wildman–Crippen MR) is 69.0 cm³/mol. The average Bonchev–Trinajstić information content (AvgIpc) is 3.00. The number of benzene rings is 1. The lowest BCUT2D eigenvalue weighted by molar-refractivity contribution is -0.274. The number of urea groups is 1. The lowest BCUT2D eigenvalue weighted by Crippen LogP contribution is -2.55. The first-order valence-corrected chi connectivity index (χ1v) is 6.57. The minimum atomic E-state index is -4.72. The van der Waals surface area contributed by atoms with Crippen LogP contribution in [-0.2, 0) is 0 Å². The van der Waals surface area contributed by atoms with Crippen LogP contribution in [0.4, 0.5) is 23.7 Å². The third-order valence-corrected chi connectivity index (χ3v) is 3.78. The number of carbonyl (C=O) groups is 1. The molecule has 1 aromatic rings. The van der Waals surface area contributed by atoms with Gasteiger partial charge in [-0.15, -0.1) is 13.2 Å². The van der Waals surface area contributed by atoms with Crippen LogP contribution < -0.4 is 20.7 Å². The van der Waals surface area contributed by atoms with Crippen LogP contribution >= 0.6 is 0 Å². The van der Waals surface area contributed by atoms with Crippen molar-refractivity contribution in [2.75, 3.05) is 11.9 Å². The Labute approximate surface area is 118 Å². The van der Waals surface area contributed by atoms with E-state index < -0.39 is 6.36 Å². The highest BCUT2D eigenvalue weighted by Gasteiger charge is 2.47. The van der Waals surface area contributed by atoms with E-state index in [1.54, 1.807) is 0 Å². The molecule has 8 heteroatoms. The highest BCUT2D eigenvalue weighted by molar-refractivity contribution is 5.89. The molecule has 2 heterocycles. The number of carbonyl (C=O) groups excluding carboxylic acids is 1. The van der Waals surface area contributed by atoms with Gasteiger partial charge in [0.15, 0.2) is 0 Å². The van der Waals surface area contributed by atoms with Gasteiger partial charge in [-0.25, -0.2) is 4.79 Å². The number of ether oxygens (including phenoxy) is 1. The van der Waals surface area contributed by atoms with Gasteiger partial charge in [-0.1, -0.05) is 0 Å². The Hall–Kier alpha value is -1.96. The maximum absolute atomic E-state index is 12.0. The molecule has 0 aromatic heterocycles.